The minimum absolute atomic E-state index is 0.0325. The molecule has 2 amide bonds. The van der Waals surface area contributed by atoms with Crippen molar-refractivity contribution in [3.05, 3.63) is 35.2 Å². The molecule has 1 spiro atoms. The molecule has 2 saturated heterocycles. The van der Waals surface area contributed by atoms with Gasteiger partial charge in [0.05, 0.1) is 24.6 Å². The van der Waals surface area contributed by atoms with Crippen molar-refractivity contribution in [3.8, 4) is 0 Å². The van der Waals surface area contributed by atoms with Crippen LogP contribution in [0.4, 0.5) is 0 Å². The van der Waals surface area contributed by atoms with Crippen molar-refractivity contribution in [1.29, 1.82) is 0 Å². The number of thiophene rings is 1. The van der Waals surface area contributed by atoms with Crippen molar-refractivity contribution in [1.82, 2.24) is 15.1 Å². The topological polar surface area (TPSA) is 61.9 Å². The van der Waals surface area contributed by atoms with Crippen LogP contribution in [0, 0.1) is 0 Å². The van der Waals surface area contributed by atoms with Gasteiger partial charge in [0.1, 0.15) is 11.6 Å². The molecule has 0 bridgehead atoms. The molecule has 2 aliphatic rings. The zero-order valence-electron chi connectivity index (χ0n) is 14.3. The van der Waals surface area contributed by atoms with Crippen molar-refractivity contribution in [2.45, 2.75) is 11.6 Å². The monoisotopic (exact) mass is 359 g/mol. The van der Waals surface area contributed by atoms with E-state index in [9.17, 15) is 9.59 Å². The summed E-state index contributed by atoms with van der Waals surface area (Å²) >= 11 is 1.53. The van der Waals surface area contributed by atoms with Crippen molar-refractivity contribution in [2.75, 3.05) is 40.3 Å². The fourth-order valence-corrected chi connectivity index (χ4v) is 4.69. The lowest BCUT2D eigenvalue weighted by molar-refractivity contribution is -0.187. The Kier molecular flexibility index (Phi) is 4.02. The van der Waals surface area contributed by atoms with Crippen molar-refractivity contribution < 1.29 is 14.3 Å². The predicted molar refractivity (Wildman–Crippen MR) is 96.9 cm³/mol. The van der Waals surface area contributed by atoms with Gasteiger partial charge in [0.25, 0.3) is 5.91 Å². The van der Waals surface area contributed by atoms with Crippen LogP contribution in [0.2, 0.25) is 0 Å². The molecular weight excluding hydrogens is 338 g/mol. The zero-order chi connectivity index (χ0) is 17.6. The van der Waals surface area contributed by atoms with Crippen LogP contribution < -0.4 is 5.32 Å². The predicted octanol–water partition coefficient (Wildman–Crippen LogP) is 1.17. The highest BCUT2D eigenvalue weighted by Crippen LogP contribution is 2.33. The second-order valence-corrected chi connectivity index (χ2v) is 7.93. The lowest BCUT2D eigenvalue weighted by Gasteiger charge is -2.54. The Morgan fingerprint density at radius 1 is 1.28 bits per heavy atom. The minimum atomic E-state index is -0.342. The molecule has 4 rings (SSSR count). The second-order valence-electron chi connectivity index (χ2n) is 6.85. The first-order chi connectivity index (χ1) is 12.0. The summed E-state index contributed by atoms with van der Waals surface area (Å²) in [7, 11) is 3.57. The fraction of sp³-hybridized carbons (Fsp3) is 0.444. The number of carbonyl (C=O) groups excluding carboxylic acids is 2. The van der Waals surface area contributed by atoms with Gasteiger partial charge in [-0.1, -0.05) is 18.2 Å². The summed E-state index contributed by atoms with van der Waals surface area (Å²) in [6, 6.07) is 9.73. The molecule has 2 aromatic rings. The minimum Gasteiger partial charge on any atom is -0.368 e. The quantitative estimate of drug-likeness (QED) is 0.875. The van der Waals surface area contributed by atoms with Crippen LogP contribution in [0.15, 0.2) is 30.3 Å². The molecule has 1 unspecified atom stereocenters. The molecule has 0 radical (unpaired) electrons. The molecule has 3 heterocycles. The molecule has 6 nitrogen and oxygen atoms in total. The number of likely N-dealkylation sites (tertiary alicyclic amines) is 1. The summed E-state index contributed by atoms with van der Waals surface area (Å²) in [4.78, 5) is 29.2. The third kappa shape index (κ3) is 2.82. The van der Waals surface area contributed by atoms with Gasteiger partial charge in [0.2, 0.25) is 5.91 Å². The standard InChI is InChI=1S/C18H21N3O3S/c1-19-16(22)13-8-24-18(9-20(13)2)10-21(11-18)17(23)15-7-12-5-3-4-6-14(12)25-15/h3-7,13H,8-11H2,1-2H3,(H,19,22). The Labute approximate surface area is 150 Å². The number of nitrogens with zero attached hydrogens (tertiary/aromatic N) is 2. The third-order valence-corrected chi connectivity index (χ3v) is 6.15. The van der Waals surface area contributed by atoms with E-state index in [1.165, 1.54) is 11.3 Å². The number of amides is 2. The summed E-state index contributed by atoms with van der Waals surface area (Å²) in [5, 5.41) is 3.77. The normalized spacial score (nSPS) is 22.8. The Hall–Kier alpha value is -1.96. The summed E-state index contributed by atoms with van der Waals surface area (Å²) < 4.78 is 7.12. The van der Waals surface area contributed by atoms with E-state index in [4.69, 9.17) is 4.74 Å². The van der Waals surface area contributed by atoms with Gasteiger partial charge in [-0.25, -0.2) is 0 Å². The molecule has 1 aromatic heterocycles. The Morgan fingerprint density at radius 3 is 2.72 bits per heavy atom. The molecule has 1 atom stereocenters. The Balaban J connectivity index is 1.41. The Morgan fingerprint density at radius 2 is 2.04 bits per heavy atom. The van der Waals surface area contributed by atoms with Crippen LogP contribution in [0.5, 0.6) is 0 Å². The van der Waals surface area contributed by atoms with Crippen LogP contribution in [0.1, 0.15) is 9.67 Å². The molecule has 132 valence electrons. The molecule has 2 fully saturated rings. The third-order valence-electron chi connectivity index (χ3n) is 5.05. The number of hydrogen-bond acceptors (Lipinski definition) is 5. The van der Waals surface area contributed by atoms with Crippen LogP contribution in [0.25, 0.3) is 10.1 Å². The number of nitrogens with one attached hydrogen (secondary N) is 1. The first kappa shape index (κ1) is 16.5. The van der Waals surface area contributed by atoms with Crippen LogP contribution in [0.3, 0.4) is 0 Å². The van der Waals surface area contributed by atoms with E-state index in [1.54, 1.807) is 7.05 Å². The largest absolute Gasteiger partial charge is 0.368 e. The van der Waals surface area contributed by atoms with E-state index in [0.29, 0.717) is 26.2 Å². The maximum absolute atomic E-state index is 12.7. The van der Waals surface area contributed by atoms with Gasteiger partial charge in [-0.2, -0.15) is 0 Å². The number of morpholine rings is 1. The average Bonchev–Trinajstić information content (AvgIpc) is 3.02. The highest BCUT2D eigenvalue weighted by atomic mass is 32.1. The van der Waals surface area contributed by atoms with Crippen molar-refractivity contribution in [3.63, 3.8) is 0 Å². The summed E-state index contributed by atoms with van der Waals surface area (Å²) in [6.07, 6.45) is 0. The zero-order valence-corrected chi connectivity index (χ0v) is 15.1. The molecule has 2 aliphatic heterocycles. The first-order valence-corrected chi connectivity index (χ1v) is 9.17. The lowest BCUT2D eigenvalue weighted by Crippen LogP contribution is -2.73. The number of ether oxygens (including phenoxy) is 1. The fourth-order valence-electron chi connectivity index (χ4n) is 3.66. The van der Waals surface area contributed by atoms with Gasteiger partial charge >= 0.3 is 0 Å². The molecular formula is C18H21N3O3S. The van der Waals surface area contributed by atoms with E-state index in [1.807, 2.05) is 47.2 Å². The average molecular weight is 359 g/mol. The number of carbonyl (C=O) groups is 2. The molecule has 1 aromatic carbocycles. The van der Waals surface area contributed by atoms with E-state index < -0.39 is 0 Å². The molecule has 1 N–H and O–H groups in total. The Bertz CT molecular complexity index is 795. The summed E-state index contributed by atoms with van der Waals surface area (Å²) in [5.74, 6) is 0.0291. The van der Waals surface area contributed by atoms with Gasteiger partial charge in [0.15, 0.2) is 0 Å². The number of hydrogen-bond donors (Lipinski definition) is 1. The maximum Gasteiger partial charge on any atom is 0.264 e. The van der Waals surface area contributed by atoms with Gasteiger partial charge in [-0.3, -0.25) is 14.5 Å². The van der Waals surface area contributed by atoms with Gasteiger partial charge in [-0.05, 0) is 24.6 Å². The highest BCUT2D eigenvalue weighted by Gasteiger charge is 2.51. The van der Waals surface area contributed by atoms with E-state index in [-0.39, 0.29) is 23.5 Å². The van der Waals surface area contributed by atoms with Gasteiger partial charge in [0, 0.05) is 18.3 Å². The van der Waals surface area contributed by atoms with Gasteiger partial charge < -0.3 is 15.0 Å². The molecule has 0 saturated carbocycles. The molecule has 0 aliphatic carbocycles. The number of likely N-dealkylation sites (N-methyl/N-ethyl adjacent to an activating group) is 2. The van der Waals surface area contributed by atoms with Gasteiger partial charge in [-0.15, -0.1) is 11.3 Å². The number of benzene rings is 1. The van der Waals surface area contributed by atoms with Crippen LogP contribution >= 0.6 is 11.3 Å². The summed E-state index contributed by atoms with van der Waals surface area (Å²) in [5.41, 5.74) is -0.342. The number of fused-ring (bicyclic) bond motifs is 1. The van der Waals surface area contributed by atoms with E-state index >= 15 is 0 Å². The molecule has 25 heavy (non-hydrogen) atoms. The second kappa shape index (κ2) is 6.09. The maximum atomic E-state index is 12.7. The van der Waals surface area contributed by atoms with Crippen molar-refractivity contribution >= 4 is 33.2 Å². The van der Waals surface area contributed by atoms with Crippen LogP contribution in [-0.4, -0.2) is 73.6 Å². The van der Waals surface area contributed by atoms with E-state index in [0.717, 1.165) is 15.0 Å². The lowest BCUT2D eigenvalue weighted by atomic mass is 9.90. The highest BCUT2D eigenvalue weighted by molar-refractivity contribution is 7.20. The smallest absolute Gasteiger partial charge is 0.264 e. The van der Waals surface area contributed by atoms with Crippen LogP contribution in [-0.2, 0) is 9.53 Å². The molecule has 7 heteroatoms. The van der Waals surface area contributed by atoms with E-state index in [2.05, 4.69) is 5.32 Å². The number of rotatable bonds is 2. The SMILES string of the molecule is CNC(=O)C1COC2(CN(C(=O)c3cc4ccccc4s3)C2)CN1C. The first-order valence-electron chi connectivity index (χ1n) is 8.35. The summed E-state index contributed by atoms with van der Waals surface area (Å²) in [6.45, 7) is 2.16. The van der Waals surface area contributed by atoms with Crippen molar-refractivity contribution in [2.24, 2.45) is 0 Å².